The zero-order chi connectivity index (χ0) is 13.0. The average Bonchev–Trinajstić information content (AvgIpc) is 2.75. The standard InChI is InChI=1S/C11H11BrN4O2/c12-9-4-2-1-3-8(9)5-6-10-13-15-16(14-10)7-11(17)18/h1-4H,5-7H2,(H,17,18). The maximum atomic E-state index is 10.5. The molecule has 0 fully saturated rings. The van der Waals surface area contributed by atoms with Gasteiger partial charge in [-0.1, -0.05) is 34.1 Å². The van der Waals surface area contributed by atoms with Crippen LogP contribution in [0.1, 0.15) is 11.4 Å². The lowest BCUT2D eigenvalue weighted by Gasteiger charge is -2.01. The van der Waals surface area contributed by atoms with Gasteiger partial charge in [0, 0.05) is 10.9 Å². The smallest absolute Gasteiger partial charge is 0.327 e. The van der Waals surface area contributed by atoms with Gasteiger partial charge in [0.15, 0.2) is 12.4 Å². The predicted octanol–water partition coefficient (Wildman–Crippen LogP) is 1.31. The summed E-state index contributed by atoms with van der Waals surface area (Å²) in [6, 6.07) is 7.92. The topological polar surface area (TPSA) is 80.9 Å². The second-order valence-electron chi connectivity index (χ2n) is 3.72. The first kappa shape index (κ1) is 12.7. The molecule has 0 saturated carbocycles. The summed E-state index contributed by atoms with van der Waals surface area (Å²) >= 11 is 3.47. The lowest BCUT2D eigenvalue weighted by atomic mass is 10.1. The fourth-order valence-corrected chi connectivity index (χ4v) is 2.00. The Hall–Kier alpha value is -1.76. The van der Waals surface area contributed by atoms with Gasteiger partial charge in [-0.05, 0) is 23.3 Å². The third-order valence-electron chi connectivity index (χ3n) is 2.35. The van der Waals surface area contributed by atoms with Crippen LogP contribution in [-0.4, -0.2) is 31.3 Å². The second-order valence-corrected chi connectivity index (χ2v) is 4.58. The summed E-state index contributed by atoms with van der Waals surface area (Å²) < 4.78 is 1.04. The Kier molecular flexibility index (Phi) is 4.03. The molecule has 0 aliphatic rings. The monoisotopic (exact) mass is 310 g/mol. The van der Waals surface area contributed by atoms with Crippen molar-refractivity contribution in [1.82, 2.24) is 20.2 Å². The van der Waals surface area contributed by atoms with Crippen molar-refractivity contribution in [2.75, 3.05) is 0 Å². The van der Waals surface area contributed by atoms with Crippen LogP contribution in [-0.2, 0) is 24.2 Å². The van der Waals surface area contributed by atoms with Crippen LogP contribution in [0, 0.1) is 0 Å². The number of carbonyl (C=O) groups is 1. The minimum absolute atomic E-state index is 0.262. The third kappa shape index (κ3) is 3.36. The van der Waals surface area contributed by atoms with Crippen LogP contribution >= 0.6 is 15.9 Å². The maximum absolute atomic E-state index is 10.5. The van der Waals surface area contributed by atoms with Gasteiger partial charge in [-0.2, -0.15) is 4.80 Å². The molecule has 0 aliphatic carbocycles. The highest BCUT2D eigenvalue weighted by molar-refractivity contribution is 9.10. The summed E-state index contributed by atoms with van der Waals surface area (Å²) in [4.78, 5) is 11.5. The number of rotatable bonds is 5. The van der Waals surface area contributed by atoms with Gasteiger partial charge in [0.25, 0.3) is 0 Å². The van der Waals surface area contributed by atoms with Crippen molar-refractivity contribution < 1.29 is 9.90 Å². The summed E-state index contributed by atoms with van der Waals surface area (Å²) in [7, 11) is 0. The summed E-state index contributed by atoms with van der Waals surface area (Å²) in [6.45, 7) is -0.262. The molecule has 0 saturated heterocycles. The number of tetrazole rings is 1. The third-order valence-corrected chi connectivity index (χ3v) is 3.12. The average molecular weight is 311 g/mol. The van der Waals surface area contributed by atoms with Crippen molar-refractivity contribution in [1.29, 1.82) is 0 Å². The van der Waals surface area contributed by atoms with E-state index in [9.17, 15) is 4.79 Å². The van der Waals surface area contributed by atoms with E-state index in [0.29, 0.717) is 12.2 Å². The molecule has 0 amide bonds. The Morgan fingerprint density at radius 3 is 2.83 bits per heavy atom. The fourth-order valence-electron chi connectivity index (χ4n) is 1.51. The van der Waals surface area contributed by atoms with E-state index in [1.807, 2.05) is 24.3 Å². The SMILES string of the molecule is O=C(O)Cn1nnc(CCc2ccccc2Br)n1. The van der Waals surface area contributed by atoms with Crippen LogP contribution in [0.4, 0.5) is 0 Å². The number of hydrogen-bond donors (Lipinski definition) is 1. The van der Waals surface area contributed by atoms with E-state index in [-0.39, 0.29) is 6.54 Å². The van der Waals surface area contributed by atoms with Gasteiger partial charge in [-0.25, -0.2) is 0 Å². The molecule has 0 aliphatic heterocycles. The highest BCUT2D eigenvalue weighted by Gasteiger charge is 2.07. The molecule has 1 N–H and O–H groups in total. The van der Waals surface area contributed by atoms with Crippen LogP contribution in [0.15, 0.2) is 28.7 Å². The molecule has 6 nitrogen and oxygen atoms in total. The number of benzene rings is 1. The number of aryl methyl sites for hydroxylation is 2. The molecule has 18 heavy (non-hydrogen) atoms. The lowest BCUT2D eigenvalue weighted by Crippen LogP contribution is -2.11. The molecule has 2 rings (SSSR count). The Labute approximate surface area is 112 Å². The number of nitrogens with zero attached hydrogens (tertiary/aromatic N) is 4. The van der Waals surface area contributed by atoms with Crippen LogP contribution < -0.4 is 0 Å². The van der Waals surface area contributed by atoms with Gasteiger partial charge in [-0.3, -0.25) is 4.79 Å². The quantitative estimate of drug-likeness (QED) is 0.900. The summed E-state index contributed by atoms with van der Waals surface area (Å²) in [5.74, 6) is -0.434. The van der Waals surface area contributed by atoms with Gasteiger partial charge in [0.1, 0.15) is 0 Å². The van der Waals surface area contributed by atoms with E-state index in [2.05, 4.69) is 31.3 Å². The molecule has 0 radical (unpaired) electrons. The van der Waals surface area contributed by atoms with E-state index in [0.717, 1.165) is 21.3 Å². The van der Waals surface area contributed by atoms with Crippen molar-refractivity contribution in [3.63, 3.8) is 0 Å². The molecular formula is C11H11BrN4O2. The lowest BCUT2D eigenvalue weighted by molar-refractivity contribution is -0.138. The molecule has 0 bridgehead atoms. The summed E-state index contributed by atoms with van der Waals surface area (Å²) in [6.07, 6.45) is 1.41. The second kappa shape index (κ2) is 5.72. The van der Waals surface area contributed by atoms with Gasteiger partial charge in [-0.15, -0.1) is 10.2 Å². The van der Waals surface area contributed by atoms with Crippen LogP contribution in [0.2, 0.25) is 0 Å². The van der Waals surface area contributed by atoms with Gasteiger partial charge in [0.05, 0.1) is 0 Å². The highest BCUT2D eigenvalue weighted by atomic mass is 79.9. The first-order valence-electron chi connectivity index (χ1n) is 5.37. The largest absolute Gasteiger partial charge is 0.480 e. The fraction of sp³-hybridized carbons (Fsp3) is 0.273. The number of halogens is 1. The van der Waals surface area contributed by atoms with E-state index < -0.39 is 5.97 Å². The van der Waals surface area contributed by atoms with Crippen molar-refractivity contribution in [2.24, 2.45) is 0 Å². The maximum Gasteiger partial charge on any atom is 0.327 e. The van der Waals surface area contributed by atoms with Crippen molar-refractivity contribution in [2.45, 2.75) is 19.4 Å². The van der Waals surface area contributed by atoms with Crippen LogP contribution in [0.25, 0.3) is 0 Å². The molecule has 0 atom stereocenters. The number of carboxylic acids is 1. The Balaban J connectivity index is 1.96. The first-order chi connectivity index (χ1) is 8.65. The van der Waals surface area contributed by atoms with Crippen molar-refractivity contribution >= 4 is 21.9 Å². The van der Waals surface area contributed by atoms with E-state index >= 15 is 0 Å². The predicted molar refractivity (Wildman–Crippen MR) is 67.0 cm³/mol. The van der Waals surface area contributed by atoms with Crippen molar-refractivity contribution in [3.05, 3.63) is 40.1 Å². The summed E-state index contributed by atoms with van der Waals surface area (Å²) in [5, 5.41) is 20.1. The molecule has 1 aromatic carbocycles. The molecular weight excluding hydrogens is 300 g/mol. The zero-order valence-electron chi connectivity index (χ0n) is 9.45. The van der Waals surface area contributed by atoms with E-state index in [4.69, 9.17) is 5.11 Å². The Bertz CT molecular complexity index is 555. The molecule has 0 unspecified atom stereocenters. The van der Waals surface area contributed by atoms with Gasteiger partial charge < -0.3 is 5.11 Å². The van der Waals surface area contributed by atoms with Gasteiger partial charge >= 0.3 is 5.97 Å². The molecule has 94 valence electrons. The minimum atomic E-state index is -0.982. The number of aromatic nitrogens is 4. The molecule has 2 aromatic rings. The highest BCUT2D eigenvalue weighted by Crippen LogP contribution is 2.17. The first-order valence-corrected chi connectivity index (χ1v) is 6.16. The number of hydrogen-bond acceptors (Lipinski definition) is 4. The zero-order valence-corrected chi connectivity index (χ0v) is 11.0. The molecule has 1 aromatic heterocycles. The van der Waals surface area contributed by atoms with Crippen LogP contribution in [0.3, 0.4) is 0 Å². The Morgan fingerprint density at radius 1 is 1.33 bits per heavy atom. The molecule has 1 heterocycles. The van der Waals surface area contributed by atoms with E-state index in [1.165, 1.54) is 0 Å². The summed E-state index contributed by atoms with van der Waals surface area (Å²) in [5.41, 5.74) is 1.16. The van der Waals surface area contributed by atoms with Gasteiger partial charge in [0.2, 0.25) is 0 Å². The molecule has 0 spiro atoms. The van der Waals surface area contributed by atoms with Crippen molar-refractivity contribution in [3.8, 4) is 0 Å². The normalized spacial score (nSPS) is 10.5. The minimum Gasteiger partial charge on any atom is -0.480 e. The molecule has 7 heteroatoms. The number of carboxylic acid groups (broad SMARTS) is 1. The Morgan fingerprint density at radius 2 is 2.11 bits per heavy atom. The van der Waals surface area contributed by atoms with Crippen LogP contribution in [0.5, 0.6) is 0 Å². The van der Waals surface area contributed by atoms with E-state index in [1.54, 1.807) is 0 Å². The number of aliphatic carboxylic acids is 1.